The van der Waals surface area contributed by atoms with Crippen LogP contribution in [0.2, 0.25) is 0 Å². The second-order valence-corrected chi connectivity index (χ2v) is 7.64. The molecule has 1 aromatic carbocycles. The molecule has 4 rings (SSSR count). The third-order valence-corrected chi connectivity index (χ3v) is 6.01. The van der Waals surface area contributed by atoms with Gasteiger partial charge in [0.1, 0.15) is 0 Å². The number of carbonyl (C=O) groups excluding carboxylic acids is 2. The number of hydrogen-bond donors (Lipinski definition) is 2. The van der Waals surface area contributed by atoms with Crippen LogP contribution in [0.4, 0.5) is 4.79 Å². The lowest BCUT2D eigenvalue weighted by Crippen LogP contribution is -2.52. The molecule has 0 aliphatic carbocycles. The summed E-state index contributed by atoms with van der Waals surface area (Å²) in [6.45, 7) is 6.05. The molecular weight excluding hydrogens is 328 g/mol. The molecule has 2 atom stereocenters. The lowest BCUT2D eigenvalue weighted by molar-refractivity contribution is -0.130. The molecule has 2 aliphatic heterocycles. The Morgan fingerprint density at radius 2 is 2.15 bits per heavy atom. The summed E-state index contributed by atoms with van der Waals surface area (Å²) in [6, 6.07) is 6.20. The first-order valence-corrected chi connectivity index (χ1v) is 9.33. The Labute approximate surface area is 153 Å². The Bertz CT molecular complexity index is 872. The summed E-state index contributed by atoms with van der Waals surface area (Å²) in [5, 5.41) is 4.25. The SMILES string of the molecule is Cc1[nH]c2ccc(CNC(=O)N3CCC[C@H]4C(=O)N(C)C[C@H]43)cc2c1C. The fraction of sp³-hybridized carbons (Fsp3) is 0.500. The van der Waals surface area contributed by atoms with Crippen molar-refractivity contribution in [2.45, 2.75) is 39.3 Å². The van der Waals surface area contributed by atoms with E-state index in [-0.39, 0.29) is 23.9 Å². The van der Waals surface area contributed by atoms with E-state index in [4.69, 9.17) is 0 Å². The molecule has 0 unspecified atom stereocenters. The van der Waals surface area contributed by atoms with E-state index in [1.54, 1.807) is 4.90 Å². The normalized spacial score (nSPS) is 22.8. The van der Waals surface area contributed by atoms with Crippen molar-refractivity contribution >= 4 is 22.8 Å². The van der Waals surface area contributed by atoms with Gasteiger partial charge < -0.3 is 20.1 Å². The van der Waals surface area contributed by atoms with Crippen molar-refractivity contribution in [2.24, 2.45) is 5.92 Å². The smallest absolute Gasteiger partial charge is 0.318 e. The van der Waals surface area contributed by atoms with Gasteiger partial charge in [-0.25, -0.2) is 4.79 Å². The van der Waals surface area contributed by atoms with E-state index < -0.39 is 0 Å². The van der Waals surface area contributed by atoms with Gasteiger partial charge in [-0.2, -0.15) is 0 Å². The van der Waals surface area contributed by atoms with Gasteiger partial charge in [-0.1, -0.05) is 6.07 Å². The van der Waals surface area contributed by atoms with Crippen LogP contribution in [-0.2, 0) is 11.3 Å². The first-order chi connectivity index (χ1) is 12.5. The average molecular weight is 354 g/mol. The number of amides is 3. The number of aryl methyl sites for hydroxylation is 2. The topological polar surface area (TPSA) is 68.4 Å². The van der Waals surface area contributed by atoms with Crippen molar-refractivity contribution in [3.05, 3.63) is 35.0 Å². The number of benzene rings is 1. The van der Waals surface area contributed by atoms with Crippen molar-refractivity contribution in [1.82, 2.24) is 20.1 Å². The van der Waals surface area contributed by atoms with Crippen molar-refractivity contribution in [2.75, 3.05) is 20.1 Å². The van der Waals surface area contributed by atoms with Gasteiger partial charge in [0.25, 0.3) is 0 Å². The number of fused-ring (bicyclic) bond motifs is 2. The molecule has 2 aliphatic rings. The fourth-order valence-corrected chi connectivity index (χ4v) is 4.37. The predicted octanol–water partition coefficient (Wildman–Crippen LogP) is 2.55. The van der Waals surface area contributed by atoms with Gasteiger partial charge in [0.05, 0.1) is 12.0 Å². The second-order valence-electron chi connectivity index (χ2n) is 7.64. The van der Waals surface area contributed by atoms with Gasteiger partial charge >= 0.3 is 6.03 Å². The molecule has 0 saturated carbocycles. The maximum atomic E-state index is 12.7. The number of aromatic amines is 1. The number of carbonyl (C=O) groups is 2. The minimum absolute atomic E-state index is 0.0123. The molecule has 2 aromatic rings. The van der Waals surface area contributed by atoms with Crippen molar-refractivity contribution in [1.29, 1.82) is 0 Å². The molecule has 2 saturated heterocycles. The predicted molar refractivity (Wildman–Crippen MR) is 101 cm³/mol. The van der Waals surface area contributed by atoms with E-state index in [0.29, 0.717) is 13.1 Å². The number of likely N-dealkylation sites (tertiary alicyclic amines) is 2. The standard InChI is InChI=1S/C20H26N4O2/c1-12-13(2)22-17-7-6-14(9-16(12)17)10-21-20(26)24-8-4-5-15-18(24)11-23(3)19(15)25/h6-7,9,15,18,22H,4-5,8,10-11H2,1-3H3,(H,21,26)/t15-,18-/m1/s1. The fourth-order valence-electron chi connectivity index (χ4n) is 4.37. The average Bonchev–Trinajstić information content (AvgIpc) is 3.09. The van der Waals surface area contributed by atoms with Gasteiger partial charge in [-0.3, -0.25) is 4.79 Å². The Kier molecular flexibility index (Phi) is 4.13. The highest BCUT2D eigenvalue weighted by Gasteiger charge is 2.45. The van der Waals surface area contributed by atoms with Gasteiger partial charge in [0.15, 0.2) is 0 Å². The van der Waals surface area contributed by atoms with Crippen LogP contribution >= 0.6 is 0 Å². The number of piperidine rings is 1. The lowest BCUT2D eigenvalue weighted by atomic mass is 9.92. The van der Waals surface area contributed by atoms with Crippen molar-refractivity contribution < 1.29 is 9.59 Å². The maximum absolute atomic E-state index is 12.7. The molecule has 0 spiro atoms. The van der Waals surface area contributed by atoms with Crippen molar-refractivity contribution in [3.63, 3.8) is 0 Å². The highest BCUT2D eigenvalue weighted by atomic mass is 16.2. The number of hydrogen-bond acceptors (Lipinski definition) is 2. The minimum Gasteiger partial charge on any atom is -0.358 e. The molecule has 1 aromatic heterocycles. The number of H-pyrrole nitrogens is 1. The van der Waals surface area contributed by atoms with Gasteiger partial charge in [0.2, 0.25) is 5.91 Å². The number of nitrogens with zero attached hydrogens (tertiary/aromatic N) is 2. The van der Waals surface area contributed by atoms with E-state index in [9.17, 15) is 9.59 Å². The highest BCUT2D eigenvalue weighted by molar-refractivity contribution is 5.86. The Balaban J connectivity index is 1.45. The number of nitrogens with one attached hydrogen (secondary N) is 2. The Hall–Kier alpha value is -2.50. The van der Waals surface area contributed by atoms with Crippen LogP contribution in [0.1, 0.15) is 29.7 Å². The van der Waals surface area contributed by atoms with Crippen LogP contribution in [0.25, 0.3) is 10.9 Å². The Morgan fingerprint density at radius 1 is 1.35 bits per heavy atom. The van der Waals surface area contributed by atoms with E-state index >= 15 is 0 Å². The van der Waals surface area contributed by atoms with E-state index in [1.165, 1.54) is 16.6 Å². The summed E-state index contributed by atoms with van der Waals surface area (Å²) < 4.78 is 0. The summed E-state index contributed by atoms with van der Waals surface area (Å²) >= 11 is 0. The lowest BCUT2D eigenvalue weighted by Gasteiger charge is -2.35. The molecule has 26 heavy (non-hydrogen) atoms. The van der Waals surface area contributed by atoms with Crippen molar-refractivity contribution in [3.8, 4) is 0 Å². The largest absolute Gasteiger partial charge is 0.358 e. The zero-order valence-electron chi connectivity index (χ0n) is 15.6. The first kappa shape index (κ1) is 16.9. The van der Waals surface area contributed by atoms with Gasteiger partial charge in [-0.05, 0) is 49.9 Å². The molecule has 3 amide bonds. The molecule has 2 fully saturated rings. The second kappa shape index (κ2) is 6.34. The third-order valence-electron chi connectivity index (χ3n) is 6.01. The van der Waals surface area contributed by atoms with Crippen LogP contribution in [0.5, 0.6) is 0 Å². The number of aromatic nitrogens is 1. The molecule has 138 valence electrons. The number of urea groups is 1. The van der Waals surface area contributed by atoms with Crippen LogP contribution in [0, 0.1) is 19.8 Å². The molecule has 3 heterocycles. The van der Waals surface area contributed by atoms with E-state index in [2.05, 4.69) is 36.3 Å². The maximum Gasteiger partial charge on any atom is 0.318 e. The summed E-state index contributed by atoms with van der Waals surface area (Å²) in [4.78, 5) is 31.9. The zero-order chi connectivity index (χ0) is 18.4. The molecule has 6 nitrogen and oxygen atoms in total. The summed E-state index contributed by atoms with van der Waals surface area (Å²) in [5.74, 6) is 0.151. The van der Waals surface area contributed by atoms with Crippen LogP contribution < -0.4 is 5.32 Å². The highest BCUT2D eigenvalue weighted by Crippen LogP contribution is 2.31. The first-order valence-electron chi connectivity index (χ1n) is 9.33. The summed E-state index contributed by atoms with van der Waals surface area (Å²) in [5.41, 5.74) is 4.64. The zero-order valence-corrected chi connectivity index (χ0v) is 15.6. The van der Waals surface area contributed by atoms with Crippen LogP contribution in [0.3, 0.4) is 0 Å². The molecule has 6 heteroatoms. The molecular formula is C20H26N4O2. The minimum atomic E-state index is -0.0649. The summed E-state index contributed by atoms with van der Waals surface area (Å²) in [7, 11) is 1.83. The van der Waals surface area contributed by atoms with Gasteiger partial charge in [-0.15, -0.1) is 0 Å². The monoisotopic (exact) mass is 354 g/mol. The molecule has 0 radical (unpaired) electrons. The van der Waals surface area contributed by atoms with Crippen LogP contribution in [-0.4, -0.2) is 52.9 Å². The van der Waals surface area contributed by atoms with E-state index in [1.807, 2.05) is 18.0 Å². The van der Waals surface area contributed by atoms with E-state index in [0.717, 1.165) is 30.5 Å². The molecule has 2 N–H and O–H groups in total. The Morgan fingerprint density at radius 3 is 2.96 bits per heavy atom. The quantitative estimate of drug-likeness (QED) is 0.870. The van der Waals surface area contributed by atoms with Gasteiger partial charge in [0, 0.05) is 43.3 Å². The number of rotatable bonds is 2. The summed E-state index contributed by atoms with van der Waals surface area (Å²) in [6.07, 6.45) is 1.78. The van der Waals surface area contributed by atoms with Crippen LogP contribution in [0.15, 0.2) is 18.2 Å². The molecule has 0 bridgehead atoms. The third kappa shape index (κ3) is 2.73. The number of likely N-dealkylation sites (N-methyl/N-ethyl adjacent to an activating group) is 1.